The summed E-state index contributed by atoms with van der Waals surface area (Å²) in [5, 5.41) is 3.35. The van der Waals surface area contributed by atoms with Gasteiger partial charge in [-0.25, -0.2) is 13.2 Å². The number of morpholine rings is 1. The van der Waals surface area contributed by atoms with Crippen molar-refractivity contribution in [3.63, 3.8) is 0 Å². The maximum absolute atomic E-state index is 15.0. The molecule has 7 nitrogen and oxygen atoms in total. The third-order valence-corrected chi connectivity index (χ3v) is 8.95. The highest BCUT2D eigenvalue weighted by Crippen LogP contribution is 2.31. The van der Waals surface area contributed by atoms with Gasteiger partial charge in [-0.3, -0.25) is 14.6 Å². The van der Waals surface area contributed by atoms with E-state index in [-0.39, 0.29) is 48.9 Å². The van der Waals surface area contributed by atoms with E-state index in [1.54, 1.807) is 24.3 Å². The molecule has 5 rings (SSSR count). The number of nitrogens with one attached hydrogen (secondary N) is 1. The third-order valence-electron chi connectivity index (χ3n) is 8.95. The van der Waals surface area contributed by atoms with E-state index in [1.165, 1.54) is 30.5 Å². The molecule has 2 aliphatic rings. The number of nitrogens with zero attached hydrogens (tertiary/aromatic N) is 1. The van der Waals surface area contributed by atoms with Gasteiger partial charge in [-0.05, 0) is 85.5 Å². The molecule has 2 fully saturated rings. The highest BCUT2D eigenvalue weighted by Gasteiger charge is 2.31. The van der Waals surface area contributed by atoms with Gasteiger partial charge in [0, 0.05) is 44.5 Å². The van der Waals surface area contributed by atoms with Crippen LogP contribution < -0.4 is 5.32 Å². The quantitative estimate of drug-likeness (QED) is 0.216. The van der Waals surface area contributed by atoms with Crippen LogP contribution in [0.25, 0.3) is 0 Å². The molecular formula is C36H41F3N2O5. The normalized spacial score (nSPS) is 21.4. The molecule has 0 aliphatic carbocycles. The maximum Gasteiger partial charge on any atom is 0.305 e. The van der Waals surface area contributed by atoms with Crippen LogP contribution in [0, 0.1) is 17.5 Å². The average Bonchev–Trinajstić information content (AvgIpc) is 3.49. The summed E-state index contributed by atoms with van der Waals surface area (Å²) in [4.78, 5) is 29.6. The van der Waals surface area contributed by atoms with Gasteiger partial charge in [0.05, 0.1) is 30.6 Å². The number of Topliss-reactive ketones (excluding diaryl/α,β-unsaturated/α-hetero) is 1. The van der Waals surface area contributed by atoms with Crippen molar-refractivity contribution >= 4 is 11.8 Å². The summed E-state index contributed by atoms with van der Waals surface area (Å²) < 4.78 is 59.4. The number of carbonyl (C=O) groups excluding carboxylic acids is 2. The SMILES string of the molecule is CC1(CCC(=O)OC[C@@H]2CO[C@H](CCc3c(F)cncc3CC(=O)CC(c3ccc(F)cc3)c3ccc(F)cc3)CN2)CCCO1. The number of rotatable bonds is 14. The van der Waals surface area contributed by atoms with Crippen LogP contribution in [0.2, 0.25) is 0 Å². The second kappa shape index (κ2) is 15.8. The summed E-state index contributed by atoms with van der Waals surface area (Å²) in [6, 6.07) is 11.7. The van der Waals surface area contributed by atoms with Gasteiger partial charge in [0.2, 0.25) is 0 Å². The van der Waals surface area contributed by atoms with Gasteiger partial charge in [0.15, 0.2) is 0 Å². The minimum atomic E-state index is -0.482. The standard InChI is InChI=1S/C36H41F3N2O5/c1-36(14-2-16-46-36)15-13-35(43)45-23-29-22-44-31(20-41-29)11-12-32-26(19-40-21-34(32)39)17-30(42)18-33(24-3-7-27(37)8-4-24)25-5-9-28(38)10-6-25/h3-10,19,21,29,31,33,41H,2,11-18,20,22-23H2,1H3/t29-,31+,36?/m0/s1. The number of esters is 1. The predicted octanol–water partition coefficient (Wildman–Crippen LogP) is 6.01. The van der Waals surface area contributed by atoms with Crippen LogP contribution >= 0.6 is 0 Å². The molecule has 2 aliphatic heterocycles. The van der Waals surface area contributed by atoms with E-state index < -0.39 is 23.4 Å². The van der Waals surface area contributed by atoms with Gasteiger partial charge in [-0.15, -0.1) is 0 Å². The number of pyridine rings is 1. The van der Waals surface area contributed by atoms with Crippen molar-refractivity contribution in [1.29, 1.82) is 0 Å². The number of ether oxygens (including phenoxy) is 3. The Balaban J connectivity index is 1.11. The lowest BCUT2D eigenvalue weighted by Crippen LogP contribution is -2.49. The topological polar surface area (TPSA) is 86.8 Å². The lowest BCUT2D eigenvalue weighted by molar-refractivity contribution is -0.147. The Bertz CT molecular complexity index is 1410. The number of hydrogen-bond acceptors (Lipinski definition) is 7. The zero-order chi connectivity index (χ0) is 32.5. The van der Waals surface area contributed by atoms with E-state index >= 15 is 0 Å². The number of benzene rings is 2. The zero-order valence-electron chi connectivity index (χ0n) is 26.1. The van der Waals surface area contributed by atoms with Crippen LogP contribution in [0.3, 0.4) is 0 Å². The predicted molar refractivity (Wildman–Crippen MR) is 166 cm³/mol. The van der Waals surface area contributed by atoms with Gasteiger partial charge in [-0.2, -0.15) is 0 Å². The Morgan fingerprint density at radius 3 is 2.35 bits per heavy atom. The average molecular weight is 639 g/mol. The Kier molecular flexibility index (Phi) is 11.6. The molecule has 3 aromatic rings. The number of halogens is 3. The molecule has 3 heterocycles. The van der Waals surface area contributed by atoms with E-state index in [0.29, 0.717) is 50.0 Å². The molecule has 0 spiro atoms. The molecule has 2 aromatic carbocycles. The van der Waals surface area contributed by atoms with Gasteiger partial charge >= 0.3 is 5.97 Å². The first-order valence-corrected chi connectivity index (χ1v) is 16.0. The molecule has 0 bridgehead atoms. The van der Waals surface area contributed by atoms with E-state index in [0.717, 1.165) is 36.8 Å². The Morgan fingerprint density at radius 1 is 1.04 bits per heavy atom. The summed E-state index contributed by atoms with van der Waals surface area (Å²) >= 11 is 0. The summed E-state index contributed by atoms with van der Waals surface area (Å²) in [7, 11) is 0. The lowest BCUT2D eigenvalue weighted by Gasteiger charge is -2.30. The van der Waals surface area contributed by atoms with Crippen molar-refractivity contribution in [2.75, 3.05) is 26.4 Å². The summed E-state index contributed by atoms with van der Waals surface area (Å²) in [5.41, 5.74) is 2.13. The molecule has 2 saturated heterocycles. The van der Waals surface area contributed by atoms with E-state index in [9.17, 15) is 22.8 Å². The van der Waals surface area contributed by atoms with Crippen LogP contribution in [-0.2, 0) is 36.6 Å². The van der Waals surface area contributed by atoms with Crippen LogP contribution in [0.5, 0.6) is 0 Å². The molecule has 0 saturated carbocycles. The van der Waals surface area contributed by atoms with Crippen molar-refractivity contribution in [2.24, 2.45) is 0 Å². The monoisotopic (exact) mass is 638 g/mol. The Hall–Kier alpha value is -3.60. The number of aromatic nitrogens is 1. The highest BCUT2D eigenvalue weighted by molar-refractivity contribution is 5.82. The van der Waals surface area contributed by atoms with Gasteiger partial charge in [0.1, 0.15) is 29.8 Å². The van der Waals surface area contributed by atoms with Crippen LogP contribution in [0.1, 0.15) is 73.6 Å². The van der Waals surface area contributed by atoms with E-state index in [1.807, 2.05) is 6.92 Å². The first-order chi connectivity index (χ1) is 22.2. The first kappa shape index (κ1) is 33.8. The number of carbonyl (C=O) groups is 2. The Morgan fingerprint density at radius 2 is 1.74 bits per heavy atom. The summed E-state index contributed by atoms with van der Waals surface area (Å²) in [6.07, 6.45) is 6.33. The van der Waals surface area contributed by atoms with Crippen LogP contribution in [-0.4, -0.2) is 60.8 Å². The fourth-order valence-electron chi connectivity index (χ4n) is 6.20. The lowest BCUT2D eigenvalue weighted by atomic mass is 9.85. The van der Waals surface area contributed by atoms with Crippen molar-refractivity contribution < 1.29 is 37.0 Å². The molecule has 1 aromatic heterocycles. The zero-order valence-corrected chi connectivity index (χ0v) is 26.1. The minimum absolute atomic E-state index is 0.0263. The third kappa shape index (κ3) is 9.47. The molecule has 1 unspecified atom stereocenters. The number of ketones is 1. The molecule has 246 valence electrons. The molecule has 0 radical (unpaired) electrons. The smallest absolute Gasteiger partial charge is 0.305 e. The molecule has 10 heteroatoms. The van der Waals surface area contributed by atoms with Crippen LogP contribution in [0.4, 0.5) is 13.2 Å². The van der Waals surface area contributed by atoms with Crippen LogP contribution in [0.15, 0.2) is 60.9 Å². The molecule has 0 amide bonds. The van der Waals surface area contributed by atoms with Crippen molar-refractivity contribution in [3.05, 3.63) is 101 Å². The fourth-order valence-corrected chi connectivity index (χ4v) is 6.20. The Labute approximate surface area is 267 Å². The minimum Gasteiger partial charge on any atom is -0.464 e. The van der Waals surface area contributed by atoms with Crippen molar-refractivity contribution in [1.82, 2.24) is 10.3 Å². The summed E-state index contributed by atoms with van der Waals surface area (Å²) in [5.74, 6) is -2.09. The van der Waals surface area contributed by atoms with E-state index in [2.05, 4.69) is 10.3 Å². The molecule has 46 heavy (non-hydrogen) atoms. The second-order valence-electron chi connectivity index (χ2n) is 12.5. The van der Waals surface area contributed by atoms with Crippen molar-refractivity contribution in [2.45, 2.75) is 82.0 Å². The second-order valence-corrected chi connectivity index (χ2v) is 12.5. The van der Waals surface area contributed by atoms with Gasteiger partial charge in [-0.1, -0.05) is 24.3 Å². The molecule has 3 atom stereocenters. The van der Waals surface area contributed by atoms with Gasteiger partial charge < -0.3 is 19.5 Å². The molecule has 1 N–H and O–H groups in total. The first-order valence-electron chi connectivity index (χ1n) is 16.0. The highest BCUT2D eigenvalue weighted by atomic mass is 19.1. The molecular weight excluding hydrogens is 597 g/mol. The summed E-state index contributed by atoms with van der Waals surface area (Å²) in [6.45, 7) is 3.86. The van der Waals surface area contributed by atoms with Crippen molar-refractivity contribution in [3.8, 4) is 0 Å². The maximum atomic E-state index is 15.0. The number of hydrogen-bond donors (Lipinski definition) is 1. The van der Waals surface area contributed by atoms with E-state index in [4.69, 9.17) is 14.2 Å². The van der Waals surface area contributed by atoms with Gasteiger partial charge in [0.25, 0.3) is 0 Å². The largest absolute Gasteiger partial charge is 0.464 e. The fraction of sp³-hybridized carbons (Fsp3) is 0.472.